The van der Waals surface area contributed by atoms with Crippen LogP contribution in [0, 0.1) is 6.92 Å². The lowest BCUT2D eigenvalue weighted by atomic mass is 9.79. The SMILES string of the molecule is Cc1ccc(Cl)c2c1N=C(c1cnn(-c3ccccc3)c1)C2(C)C. The molecule has 24 heavy (non-hydrogen) atoms. The zero-order valence-electron chi connectivity index (χ0n) is 13.9. The molecule has 4 heteroatoms. The van der Waals surface area contributed by atoms with Crippen molar-refractivity contribution in [1.82, 2.24) is 9.78 Å². The predicted molar refractivity (Wildman–Crippen MR) is 99.0 cm³/mol. The van der Waals surface area contributed by atoms with E-state index in [4.69, 9.17) is 16.6 Å². The van der Waals surface area contributed by atoms with Crippen LogP contribution in [0.3, 0.4) is 0 Å². The molecule has 0 bridgehead atoms. The third-order valence-electron chi connectivity index (χ3n) is 4.65. The van der Waals surface area contributed by atoms with Crippen molar-refractivity contribution in [2.24, 2.45) is 4.99 Å². The summed E-state index contributed by atoms with van der Waals surface area (Å²) in [6.45, 7) is 6.41. The van der Waals surface area contributed by atoms with Crippen molar-refractivity contribution in [2.45, 2.75) is 26.2 Å². The Kier molecular flexibility index (Phi) is 3.36. The lowest BCUT2D eigenvalue weighted by Gasteiger charge is -2.22. The average molecular weight is 336 g/mol. The number of hydrogen-bond donors (Lipinski definition) is 0. The van der Waals surface area contributed by atoms with E-state index in [0.717, 1.165) is 38.8 Å². The minimum Gasteiger partial charge on any atom is -0.251 e. The number of aryl methyl sites for hydroxylation is 1. The van der Waals surface area contributed by atoms with Gasteiger partial charge < -0.3 is 0 Å². The van der Waals surface area contributed by atoms with Crippen molar-refractivity contribution in [3.05, 3.63) is 76.6 Å². The summed E-state index contributed by atoms with van der Waals surface area (Å²) in [7, 11) is 0. The van der Waals surface area contributed by atoms with Gasteiger partial charge in [0.1, 0.15) is 0 Å². The van der Waals surface area contributed by atoms with E-state index in [1.54, 1.807) is 0 Å². The third-order valence-corrected chi connectivity index (χ3v) is 4.96. The van der Waals surface area contributed by atoms with Crippen molar-refractivity contribution >= 4 is 23.0 Å². The fourth-order valence-electron chi connectivity index (χ4n) is 3.37. The Balaban J connectivity index is 1.82. The number of para-hydroxylation sites is 1. The topological polar surface area (TPSA) is 30.2 Å². The molecule has 1 aromatic heterocycles. The van der Waals surface area contributed by atoms with Gasteiger partial charge >= 0.3 is 0 Å². The van der Waals surface area contributed by atoms with Gasteiger partial charge in [-0.3, -0.25) is 4.99 Å². The van der Waals surface area contributed by atoms with Crippen LogP contribution in [0.5, 0.6) is 0 Å². The number of hydrogen-bond acceptors (Lipinski definition) is 2. The van der Waals surface area contributed by atoms with E-state index in [9.17, 15) is 0 Å². The fourth-order valence-corrected chi connectivity index (χ4v) is 3.76. The highest BCUT2D eigenvalue weighted by atomic mass is 35.5. The summed E-state index contributed by atoms with van der Waals surface area (Å²) in [6.07, 6.45) is 3.91. The molecule has 3 aromatic rings. The number of benzene rings is 2. The fraction of sp³-hybridized carbons (Fsp3) is 0.200. The molecular weight excluding hydrogens is 318 g/mol. The highest BCUT2D eigenvalue weighted by Crippen LogP contribution is 2.47. The molecule has 0 unspecified atom stereocenters. The van der Waals surface area contributed by atoms with Crippen LogP contribution in [0.15, 0.2) is 59.9 Å². The normalized spacial score (nSPS) is 15.2. The molecule has 0 atom stereocenters. The second kappa shape index (κ2) is 5.32. The molecule has 1 aliphatic rings. The van der Waals surface area contributed by atoms with Crippen molar-refractivity contribution < 1.29 is 0 Å². The summed E-state index contributed by atoms with van der Waals surface area (Å²) < 4.78 is 1.88. The van der Waals surface area contributed by atoms with Gasteiger partial charge in [-0.25, -0.2) is 4.68 Å². The molecule has 0 radical (unpaired) electrons. The maximum Gasteiger partial charge on any atom is 0.0719 e. The Morgan fingerprint density at radius 1 is 1.04 bits per heavy atom. The molecule has 0 spiro atoms. The smallest absolute Gasteiger partial charge is 0.0719 e. The first-order chi connectivity index (χ1) is 11.5. The zero-order valence-corrected chi connectivity index (χ0v) is 14.7. The first-order valence-corrected chi connectivity index (χ1v) is 8.35. The van der Waals surface area contributed by atoms with Crippen LogP contribution in [0.25, 0.3) is 5.69 Å². The maximum absolute atomic E-state index is 6.49. The number of rotatable bonds is 2. The summed E-state index contributed by atoms with van der Waals surface area (Å²) >= 11 is 6.49. The largest absolute Gasteiger partial charge is 0.251 e. The van der Waals surface area contributed by atoms with Crippen LogP contribution < -0.4 is 0 Å². The lowest BCUT2D eigenvalue weighted by molar-refractivity contribution is 0.737. The van der Waals surface area contributed by atoms with Crippen LogP contribution in [-0.4, -0.2) is 15.5 Å². The van der Waals surface area contributed by atoms with Gasteiger partial charge in [-0.15, -0.1) is 0 Å². The summed E-state index contributed by atoms with van der Waals surface area (Å²) in [5, 5.41) is 5.28. The van der Waals surface area contributed by atoms with Crippen LogP contribution >= 0.6 is 11.6 Å². The van der Waals surface area contributed by atoms with E-state index >= 15 is 0 Å². The minimum atomic E-state index is -0.247. The van der Waals surface area contributed by atoms with E-state index < -0.39 is 0 Å². The van der Waals surface area contributed by atoms with Crippen molar-refractivity contribution in [3.63, 3.8) is 0 Å². The first kappa shape index (κ1) is 15.2. The Morgan fingerprint density at radius 2 is 1.79 bits per heavy atom. The van der Waals surface area contributed by atoms with Gasteiger partial charge in [-0.2, -0.15) is 5.10 Å². The van der Waals surface area contributed by atoms with E-state index in [2.05, 4.69) is 25.9 Å². The number of aliphatic imine (C=N–C) groups is 1. The number of aromatic nitrogens is 2. The predicted octanol–water partition coefficient (Wildman–Crippen LogP) is 5.25. The van der Waals surface area contributed by atoms with E-state index in [0.29, 0.717) is 0 Å². The highest BCUT2D eigenvalue weighted by molar-refractivity contribution is 6.33. The molecule has 0 fully saturated rings. The second-order valence-electron chi connectivity index (χ2n) is 6.68. The molecule has 0 amide bonds. The molecule has 0 aliphatic carbocycles. The molecule has 0 N–H and O–H groups in total. The standard InChI is InChI=1S/C20H18ClN3/c1-13-9-10-16(21)17-18(13)23-19(20(17,2)3)14-11-22-24(12-14)15-7-5-4-6-8-15/h4-12H,1-3H3. The third kappa shape index (κ3) is 2.20. The molecule has 1 aliphatic heterocycles. The number of halogens is 1. The monoisotopic (exact) mass is 335 g/mol. The molecule has 4 rings (SSSR count). The molecular formula is C20H18ClN3. The number of fused-ring (bicyclic) bond motifs is 1. The zero-order chi connectivity index (χ0) is 16.9. The Hall–Kier alpha value is -2.39. The first-order valence-electron chi connectivity index (χ1n) is 7.97. The van der Waals surface area contributed by atoms with Gasteiger partial charge in [0.2, 0.25) is 0 Å². The molecule has 2 aromatic carbocycles. The van der Waals surface area contributed by atoms with Crippen LogP contribution in [0.2, 0.25) is 5.02 Å². The Bertz CT molecular complexity index is 952. The van der Waals surface area contributed by atoms with Crippen molar-refractivity contribution in [2.75, 3.05) is 0 Å². The quantitative estimate of drug-likeness (QED) is 0.629. The van der Waals surface area contributed by atoms with Gasteiger partial charge in [0, 0.05) is 27.8 Å². The summed E-state index contributed by atoms with van der Waals surface area (Å²) in [4.78, 5) is 4.92. The van der Waals surface area contributed by atoms with E-state index in [-0.39, 0.29) is 5.41 Å². The van der Waals surface area contributed by atoms with Gasteiger partial charge in [-0.05, 0) is 44.5 Å². The summed E-state index contributed by atoms with van der Waals surface area (Å²) in [5.41, 5.74) is 6.07. The Morgan fingerprint density at radius 3 is 2.50 bits per heavy atom. The molecule has 120 valence electrons. The van der Waals surface area contributed by atoms with Gasteiger partial charge in [-0.1, -0.05) is 35.9 Å². The molecule has 0 saturated heterocycles. The van der Waals surface area contributed by atoms with Crippen LogP contribution in [0.1, 0.15) is 30.5 Å². The lowest BCUT2D eigenvalue weighted by Crippen LogP contribution is -2.26. The van der Waals surface area contributed by atoms with Gasteiger partial charge in [0.05, 0.1) is 23.3 Å². The number of nitrogens with zero attached hydrogens (tertiary/aromatic N) is 3. The maximum atomic E-state index is 6.49. The minimum absolute atomic E-state index is 0.247. The van der Waals surface area contributed by atoms with E-state index in [1.807, 2.05) is 59.5 Å². The van der Waals surface area contributed by atoms with Crippen molar-refractivity contribution in [1.29, 1.82) is 0 Å². The summed E-state index contributed by atoms with van der Waals surface area (Å²) in [6, 6.07) is 14.1. The molecule has 2 heterocycles. The highest BCUT2D eigenvalue weighted by Gasteiger charge is 2.38. The van der Waals surface area contributed by atoms with Gasteiger partial charge in [0.15, 0.2) is 0 Å². The van der Waals surface area contributed by atoms with Crippen molar-refractivity contribution in [3.8, 4) is 5.69 Å². The Labute approximate surface area is 146 Å². The van der Waals surface area contributed by atoms with E-state index in [1.165, 1.54) is 0 Å². The van der Waals surface area contributed by atoms with Gasteiger partial charge in [0.25, 0.3) is 0 Å². The van der Waals surface area contributed by atoms with Crippen LogP contribution in [-0.2, 0) is 5.41 Å². The summed E-state index contributed by atoms with van der Waals surface area (Å²) in [5.74, 6) is 0. The average Bonchev–Trinajstić information content (AvgIpc) is 3.15. The second-order valence-corrected chi connectivity index (χ2v) is 7.09. The molecule has 3 nitrogen and oxygen atoms in total. The molecule has 0 saturated carbocycles. The van der Waals surface area contributed by atoms with Crippen LogP contribution in [0.4, 0.5) is 5.69 Å².